The topological polar surface area (TPSA) is 110 Å². The summed E-state index contributed by atoms with van der Waals surface area (Å²) in [5.41, 5.74) is 0.905. The Bertz CT molecular complexity index is 889. The van der Waals surface area contributed by atoms with Crippen LogP contribution in [-0.4, -0.2) is 37.8 Å². The lowest BCUT2D eigenvalue weighted by Gasteiger charge is -2.08. The number of anilines is 1. The summed E-state index contributed by atoms with van der Waals surface area (Å²) in [7, 11) is -3.30. The summed E-state index contributed by atoms with van der Waals surface area (Å²) in [5.74, 6) is -0.640. The molecule has 0 spiro atoms. The Morgan fingerprint density at radius 1 is 1.04 bits per heavy atom. The van der Waals surface area contributed by atoms with Crippen molar-refractivity contribution < 1.29 is 27.9 Å². The third-order valence-electron chi connectivity index (χ3n) is 3.77. The van der Waals surface area contributed by atoms with Crippen LogP contribution in [0.25, 0.3) is 0 Å². The van der Waals surface area contributed by atoms with Crippen LogP contribution in [0, 0.1) is 0 Å². The minimum Gasteiger partial charge on any atom is -0.494 e. The van der Waals surface area contributed by atoms with Gasteiger partial charge in [0, 0.05) is 17.7 Å². The Morgan fingerprint density at radius 2 is 1.67 bits per heavy atom. The van der Waals surface area contributed by atoms with Crippen LogP contribution in [0.1, 0.15) is 30.1 Å². The molecule has 8 heteroatoms. The maximum Gasteiger partial charge on any atom is 0.303 e. The van der Waals surface area contributed by atoms with Gasteiger partial charge in [0.2, 0.25) is 0 Å². The minimum atomic E-state index is -3.30. The molecular formula is C19H21NO6S. The molecule has 0 fully saturated rings. The lowest BCUT2D eigenvalue weighted by molar-refractivity contribution is -0.137. The highest BCUT2D eigenvalue weighted by atomic mass is 32.2. The molecule has 2 N–H and O–H groups in total. The highest BCUT2D eigenvalue weighted by Crippen LogP contribution is 2.18. The number of sulfone groups is 1. The summed E-state index contributed by atoms with van der Waals surface area (Å²) in [4.78, 5) is 22.9. The lowest BCUT2D eigenvalue weighted by Crippen LogP contribution is -2.12. The second-order valence-corrected chi connectivity index (χ2v) is 8.03. The number of amides is 1. The Morgan fingerprint density at radius 3 is 2.22 bits per heavy atom. The molecule has 1 amide bonds. The van der Waals surface area contributed by atoms with Crippen molar-refractivity contribution in [3.8, 4) is 5.75 Å². The van der Waals surface area contributed by atoms with Crippen LogP contribution in [0.5, 0.6) is 5.75 Å². The van der Waals surface area contributed by atoms with Crippen LogP contribution in [0.4, 0.5) is 5.69 Å². The van der Waals surface area contributed by atoms with Gasteiger partial charge in [0.1, 0.15) is 5.75 Å². The van der Waals surface area contributed by atoms with E-state index in [4.69, 9.17) is 9.84 Å². The van der Waals surface area contributed by atoms with Gasteiger partial charge < -0.3 is 15.2 Å². The van der Waals surface area contributed by atoms with E-state index in [1.54, 1.807) is 31.2 Å². The number of rotatable bonds is 9. The lowest BCUT2D eigenvalue weighted by atomic mass is 10.2. The molecule has 2 rings (SSSR count). The fourth-order valence-corrected chi connectivity index (χ4v) is 3.12. The molecule has 27 heavy (non-hydrogen) atoms. The van der Waals surface area contributed by atoms with E-state index in [-0.39, 0.29) is 23.0 Å². The second-order valence-electron chi connectivity index (χ2n) is 5.75. The summed E-state index contributed by atoms with van der Waals surface area (Å²) in [6.07, 6.45) is 0.462. The van der Waals surface area contributed by atoms with Crippen molar-refractivity contribution in [3.63, 3.8) is 0 Å². The summed E-state index contributed by atoms with van der Waals surface area (Å²) in [5, 5.41) is 11.3. The van der Waals surface area contributed by atoms with E-state index in [9.17, 15) is 18.0 Å². The normalized spacial score (nSPS) is 11.0. The largest absolute Gasteiger partial charge is 0.494 e. The fourth-order valence-electron chi connectivity index (χ4n) is 2.23. The number of hydrogen-bond acceptors (Lipinski definition) is 5. The average Bonchev–Trinajstić information content (AvgIpc) is 2.66. The summed E-state index contributed by atoms with van der Waals surface area (Å²) < 4.78 is 29.0. The first kappa shape index (κ1) is 20.4. The molecule has 0 aliphatic rings. The third-order valence-corrected chi connectivity index (χ3v) is 5.52. The average molecular weight is 391 g/mol. The molecule has 0 saturated carbocycles. The molecule has 0 aromatic heterocycles. The van der Waals surface area contributed by atoms with Crippen molar-refractivity contribution in [1.82, 2.24) is 0 Å². The second kappa shape index (κ2) is 9.18. The van der Waals surface area contributed by atoms with Gasteiger partial charge in [-0.2, -0.15) is 0 Å². The van der Waals surface area contributed by atoms with Crippen LogP contribution in [0.2, 0.25) is 0 Å². The number of aliphatic carboxylic acids is 1. The van der Waals surface area contributed by atoms with Gasteiger partial charge in [0.15, 0.2) is 9.84 Å². The number of ether oxygens (including phenoxy) is 1. The van der Waals surface area contributed by atoms with Crippen molar-refractivity contribution in [2.75, 3.05) is 17.7 Å². The number of carboxylic acid groups (broad SMARTS) is 1. The molecule has 0 aliphatic carbocycles. The van der Waals surface area contributed by atoms with Crippen LogP contribution < -0.4 is 10.1 Å². The van der Waals surface area contributed by atoms with Gasteiger partial charge in [-0.25, -0.2) is 8.42 Å². The molecule has 0 atom stereocenters. The quantitative estimate of drug-likeness (QED) is 0.636. The zero-order valence-electron chi connectivity index (χ0n) is 14.8. The fraction of sp³-hybridized carbons (Fsp3) is 0.263. The Kier molecular flexibility index (Phi) is 6.95. The summed E-state index contributed by atoms with van der Waals surface area (Å²) >= 11 is 0. The standard InChI is InChI=1S/C19H21NO6S/c1-2-27(24,25)17-11-5-14(6-12-17)19(23)20-15-7-9-16(10-8-15)26-13-3-4-18(21)22/h5-12H,2-4,13H2,1H3,(H,20,23)(H,21,22). The van der Waals surface area contributed by atoms with Crippen molar-refractivity contribution in [1.29, 1.82) is 0 Å². The van der Waals surface area contributed by atoms with Gasteiger partial charge in [-0.1, -0.05) is 6.92 Å². The smallest absolute Gasteiger partial charge is 0.303 e. The van der Waals surface area contributed by atoms with Gasteiger partial charge >= 0.3 is 5.97 Å². The number of benzene rings is 2. The number of nitrogens with one attached hydrogen (secondary N) is 1. The van der Waals surface area contributed by atoms with E-state index < -0.39 is 15.8 Å². The van der Waals surface area contributed by atoms with Crippen LogP contribution in [0.15, 0.2) is 53.4 Å². The van der Waals surface area contributed by atoms with Crippen molar-refractivity contribution in [3.05, 3.63) is 54.1 Å². The Hall–Kier alpha value is -2.87. The van der Waals surface area contributed by atoms with E-state index in [0.717, 1.165) is 0 Å². The van der Waals surface area contributed by atoms with E-state index in [1.807, 2.05) is 0 Å². The van der Waals surface area contributed by atoms with Crippen LogP contribution in [0.3, 0.4) is 0 Å². The molecule has 0 aliphatic heterocycles. The van der Waals surface area contributed by atoms with Gasteiger partial charge in [-0.15, -0.1) is 0 Å². The van der Waals surface area contributed by atoms with Gasteiger partial charge in [0.05, 0.1) is 17.3 Å². The highest BCUT2D eigenvalue weighted by molar-refractivity contribution is 7.91. The van der Waals surface area contributed by atoms with E-state index in [2.05, 4.69) is 5.32 Å². The highest BCUT2D eigenvalue weighted by Gasteiger charge is 2.13. The van der Waals surface area contributed by atoms with Crippen LogP contribution in [-0.2, 0) is 14.6 Å². The zero-order valence-corrected chi connectivity index (χ0v) is 15.7. The molecule has 0 bridgehead atoms. The molecule has 0 saturated heterocycles. The zero-order chi connectivity index (χ0) is 19.9. The van der Waals surface area contributed by atoms with Crippen molar-refractivity contribution in [2.45, 2.75) is 24.7 Å². The maximum absolute atomic E-state index is 12.3. The number of carboxylic acids is 1. The van der Waals surface area contributed by atoms with E-state index >= 15 is 0 Å². The predicted molar refractivity (Wildman–Crippen MR) is 101 cm³/mol. The van der Waals surface area contributed by atoms with Crippen molar-refractivity contribution >= 4 is 27.4 Å². The first-order valence-corrected chi connectivity index (χ1v) is 10.1. The van der Waals surface area contributed by atoms with E-state index in [0.29, 0.717) is 30.0 Å². The molecule has 0 radical (unpaired) electrons. The summed E-state index contributed by atoms with van der Waals surface area (Å²) in [6, 6.07) is 12.5. The maximum atomic E-state index is 12.3. The Labute approximate surface area is 157 Å². The monoisotopic (exact) mass is 391 g/mol. The SMILES string of the molecule is CCS(=O)(=O)c1ccc(C(=O)Nc2ccc(OCCCC(=O)O)cc2)cc1. The minimum absolute atomic E-state index is 0.00324. The molecule has 0 unspecified atom stereocenters. The Balaban J connectivity index is 1.93. The molecule has 2 aromatic carbocycles. The van der Waals surface area contributed by atoms with Gasteiger partial charge in [0.25, 0.3) is 5.91 Å². The molecule has 144 valence electrons. The first-order valence-electron chi connectivity index (χ1n) is 8.40. The van der Waals surface area contributed by atoms with E-state index in [1.165, 1.54) is 24.3 Å². The van der Waals surface area contributed by atoms with Gasteiger partial charge in [-0.05, 0) is 55.0 Å². The predicted octanol–water partition coefficient (Wildman–Crippen LogP) is 2.98. The first-order chi connectivity index (χ1) is 12.8. The van der Waals surface area contributed by atoms with Gasteiger partial charge in [-0.3, -0.25) is 9.59 Å². The number of carbonyl (C=O) groups excluding carboxylic acids is 1. The molecule has 2 aromatic rings. The number of carbonyl (C=O) groups is 2. The molecule has 7 nitrogen and oxygen atoms in total. The van der Waals surface area contributed by atoms with Crippen molar-refractivity contribution in [2.24, 2.45) is 0 Å². The molecular weight excluding hydrogens is 370 g/mol. The van der Waals surface area contributed by atoms with Crippen LogP contribution >= 0.6 is 0 Å². The third kappa shape index (κ3) is 6.10. The molecule has 0 heterocycles. The number of hydrogen-bond donors (Lipinski definition) is 2. The summed E-state index contributed by atoms with van der Waals surface area (Å²) in [6.45, 7) is 1.86.